The summed E-state index contributed by atoms with van der Waals surface area (Å²) in [6.45, 7) is 9.92. The Balaban J connectivity index is 2.10. The van der Waals surface area contributed by atoms with Gasteiger partial charge in [0, 0.05) is 25.3 Å². The third-order valence-electron chi connectivity index (χ3n) is 4.88. The molecule has 2 aromatic carbocycles. The molecule has 29 heavy (non-hydrogen) atoms. The molecule has 1 N–H and O–H groups in total. The van der Waals surface area contributed by atoms with E-state index in [9.17, 15) is 13.2 Å². The van der Waals surface area contributed by atoms with Crippen molar-refractivity contribution >= 4 is 27.3 Å². The fraction of sp³-hybridized carbons (Fsp3) is 0.409. The Bertz CT molecular complexity index is 923. The van der Waals surface area contributed by atoms with Crippen molar-refractivity contribution in [3.8, 4) is 0 Å². The van der Waals surface area contributed by atoms with Crippen LogP contribution in [0.25, 0.3) is 0 Å². The summed E-state index contributed by atoms with van der Waals surface area (Å²) in [5.74, 6) is -0.343. The van der Waals surface area contributed by atoms with Gasteiger partial charge in [-0.2, -0.15) is 0 Å². The Morgan fingerprint density at radius 2 is 1.66 bits per heavy atom. The Labute approximate surface area is 174 Å². The molecule has 0 aliphatic rings. The zero-order chi connectivity index (χ0) is 21.6. The molecule has 2 aromatic rings. The molecular weight excluding hydrogens is 386 g/mol. The predicted octanol–water partition coefficient (Wildman–Crippen LogP) is 3.31. The average molecular weight is 418 g/mol. The summed E-state index contributed by atoms with van der Waals surface area (Å²) < 4.78 is 25.9. The molecule has 158 valence electrons. The summed E-state index contributed by atoms with van der Waals surface area (Å²) in [4.78, 5) is 15.0. The van der Waals surface area contributed by atoms with Crippen molar-refractivity contribution < 1.29 is 13.2 Å². The molecule has 0 fully saturated rings. The molecule has 0 aromatic heterocycles. The number of carbonyl (C=O) groups is 1. The summed E-state index contributed by atoms with van der Waals surface area (Å²) in [7, 11) is -3.62. The zero-order valence-electron chi connectivity index (χ0n) is 17.8. The first-order chi connectivity index (χ1) is 13.7. The largest absolute Gasteiger partial charge is 0.372 e. The number of carbonyl (C=O) groups excluding carboxylic acids is 1. The summed E-state index contributed by atoms with van der Waals surface area (Å²) in [6.07, 6.45) is 1.12. The van der Waals surface area contributed by atoms with E-state index >= 15 is 0 Å². The minimum atomic E-state index is -3.62. The van der Waals surface area contributed by atoms with E-state index in [1.807, 2.05) is 37.3 Å². The summed E-state index contributed by atoms with van der Waals surface area (Å²) in [5.41, 5.74) is 3.51. The minimum Gasteiger partial charge on any atom is -0.372 e. The Morgan fingerprint density at radius 3 is 2.17 bits per heavy atom. The molecule has 6 nitrogen and oxygen atoms in total. The summed E-state index contributed by atoms with van der Waals surface area (Å²) in [6, 6.07) is 14.3. The van der Waals surface area contributed by atoms with Gasteiger partial charge in [0.1, 0.15) is 6.04 Å². The highest BCUT2D eigenvalue weighted by Crippen LogP contribution is 2.22. The van der Waals surface area contributed by atoms with E-state index < -0.39 is 16.1 Å². The smallest absolute Gasteiger partial charge is 0.243 e. The van der Waals surface area contributed by atoms with Gasteiger partial charge in [0.15, 0.2) is 0 Å². The van der Waals surface area contributed by atoms with Crippen LogP contribution in [0.15, 0.2) is 48.5 Å². The maximum absolute atomic E-state index is 12.7. The lowest BCUT2D eigenvalue weighted by Crippen LogP contribution is -2.47. The molecule has 1 amide bonds. The predicted molar refractivity (Wildman–Crippen MR) is 120 cm³/mol. The van der Waals surface area contributed by atoms with Crippen LogP contribution in [0.3, 0.4) is 0 Å². The molecule has 0 aliphatic heterocycles. The molecule has 0 radical (unpaired) electrons. The number of amides is 1. The van der Waals surface area contributed by atoms with Crippen LogP contribution in [0.4, 0.5) is 11.4 Å². The van der Waals surface area contributed by atoms with E-state index in [1.165, 1.54) is 4.31 Å². The average Bonchev–Trinajstić information content (AvgIpc) is 2.67. The quantitative estimate of drug-likeness (QED) is 0.680. The third kappa shape index (κ3) is 5.97. The van der Waals surface area contributed by atoms with Gasteiger partial charge < -0.3 is 10.2 Å². The van der Waals surface area contributed by atoms with Gasteiger partial charge in [-0.1, -0.05) is 24.3 Å². The van der Waals surface area contributed by atoms with Gasteiger partial charge in [0.25, 0.3) is 0 Å². The molecule has 0 unspecified atom stereocenters. The number of rotatable bonds is 9. The van der Waals surface area contributed by atoms with Crippen molar-refractivity contribution in [2.75, 3.05) is 28.6 Å². The normalized spacial score (nSPS) is 12.3. The standard InChI is InChI=1S/C22H31N3O3S/c1-6-24(7-2)20-13-11-19(12-14-20)16-23-22(26)18(4)25(29(5,27)28)21-10-8-9-17(3)15-21/h8-15,18H,6-7,16H2,1-5H3,(H,23,26)/t18-/m1/s1. The lowest BCUT2D eigenvalue weighted by atomic mass is 10.1. The number of sulfonamides is 1. The topological polar surface area (TPSA) is 69.7 Å². The number of anilines is 2. The second-order valence-corrected chi connectivity index (χ2v) is 8.99. The van der Waals surface area contributed by atoms with Crippen LogP contribution in [-0.4, -0.2) is 39.7 Å². The molecule has 0 spiro atoms. The molecule has 0 saturated carbocycles. The fourth-order valence-electron chi connectivity index (χ4n) is 3.32. The molecular formula is C22H31N3O3S. The van der Waals surface area contributed by atoms with E-state index in [1.54, 1.807) is 25.1 Å². The second kappa shape index (κ2) is 9.78. The van der Waals surface area contributed by atoms with Crippen LogP contribution >= 0.6 is 0 Å². The Morgan fingerprint density at radius 1 is 1.03 bits per heavy atom. The van der Waals surface area contributed by atoms with Crippen LogP contribution in [0, 0.1) is 6.92 Å². The van der Waals surface area contributed by atoms with E-state index in [0.717, 1.165) is 36.2 Å². The van der Waals surface area contributed by atoms with E-state index in [4.69, 9.17) is 0 Å². The zero-order valence-corrected chi connectivity index (χ0v) is 18.7. The molecule has 0 aliphatic carbocycles. The van der Waals surface area contributed by atoms with Gasteiger partial charge in [-0.3, -0.25) is 9.10 Å². The van der Waals surface area contributed by atoms with Crippen molar-refractivity contribution in [3.63, 3.8) is 0 Å². The van der Waals surface area contributed by atoms with Crippen molar-refractivity contribution in [1.29, 1.82) is 0 Å². The Hall–Kier alpha value is -2.54. The van der Waals surface area contributed by atoms with Gasteiger partial charge >= 0.3 is 0 Å². The van der Waals surface area contributed by atoms with Gasteiger partial charge in [-0.25, -0.2) is 8.42 Å². The number of nitrogens with zero attached hydrogens (tertiary/aromatic N) is 2. The van der Waals surface area contributed by atoms with E-state index in [0.29, 0.717) is 12.2 Å². The van der Waals surface area contributed by atoms with Gasteiger partial charge in [-0.05, 0) is 63.1 Å². The van der Waals surface area contributed by atoms with Gasteiger partial charge in [-0.15, -0.1) is 0 Å². The molecule has 0 heterocycles. The van der Waals surface area contributed by atoms with Crippen LogP contribution in [-0.2, 0) is 21.4 Å². The van der Waals surface area contributed by atoms with Gasteiger partial charge in [0.2, 0.25) is 15.9 Å². The first kappa shape index (κ1) is 22.7. The van der Waals surface area contributed by atoms with Crippen molar-refractivity contribution in [1.82, 2.24) is 5.32 Å². The lowest BCUT2D eigenvalue weighted by molar-refractivity contribution is -0.122. The maximum atomic E-state index is 12.7. The lowest BCUT2D eigenvalue weighted by Gasteiger charge is -2.28. The first-order valence-corrected chi connectivity index (χ1v) is 11.7. The van der Waals surface area contributed by atoms with Crippen LogP contribution in [0.2, 0.25) is 0 Å². The SMILES string of the molecule is CCN(CC)c1ccc(CNC(=O)[C@@H](C)N(c2cccc(C)c2)S(C)(=O)=O)cc1. The monoisotopic (exact) mass is 417 g/mol. The highest BCUT2D eigenvalue weighted by atomic mass is 32.2. The molecule has 7 heteroatoms. The van der Waals surface area contributed by atoms with Gasteiger partial charge in [0.05, 0.1) is 11.9 Å². The summed E-state index contributed by atoms with van der Waals surface area (Å²) >= 11 is 0. The molecule has 0 saturated heterocycles. The highest BCUT2D eigenvalue weighted by molar-refractivity contribution is 7.92. The number of hydrogen-bond acceptors (Lipinski definition) is 4. The van der Waals surface area contributed by atoms with Crippen LogP contribution in [0.5, 0.6) is 0 Å². The number of aryl methyl sites for hydroxylation is 1. The van der Waals surface area contributed by atoms with Crippen molar-refractivity contribution in [2.24, 2.45) is 0 Å². The molecule has 2 rings (SSSR count). The minimum absolute atomic E-state index is 0.340. The van der Waals surface area contributed by atoms with E-state index in [2.05, 4.69) is 24.1 Å². The number of hydrogen-bond donors (Lipinski definition) is 1. The maximum Gasteiger partial charge on any atom is 0.243 e. The van der Waals surface area contributed by atoms with Crippen molar-refractivity contribution in [3.05, 3.63) is 59.7 Å². The van der Waals surface area contributed by atoms with Crippen molar-refractivity contribution in [2.45, 2.75) is 40.3 Å². The second-order valence-electron chi connectivity index (χ2n) is 7.13. The fourth-order valence-corrected chi connectivity index (χ4v) is 4.49. The molecule has 1 atom stereocenters. The van der Waals surface area contributed by atoms with Crippen LogP contribution < -0.4 is 14.5 Å². The number of nitrogens with one attached hydrogen (secondary N) is 1. The first-order valence-electron chi connectivity index (χ1n) is 9.85. The highest BCUT2D eigenvalue weighted by Gasteiger charge is 2.29. The van der Waals surface area contributed by atoms with E-state index in [-0.39, 0.29) is 5.91 Å². The molecule has 0 bridgehead atoms. The Kier molecular flexibility index (Phi) is 7.67. The third-order valence-corrected chi connectivity index (χ3v) is 6.12. The number of benzene rings is 2. The summed E-state index contributed by atoms with van der Waals surface area (Å²) in [5, 5.41) is 2.85. The van der Waals surface area contributed by atoms with Crippen LogP contribution in [0.1, 0.15) is 31.9 Å².